The van der Waals surface area contributed by atoms with Crippen molar-refractivity contribution in [2.45, 2.75) is 59.6 Å². The van der Waals surface area contributed by atoms with Gasteiger partial charge in [-0.15, -0.1) is 0 Å². The number of aromatic amines is 2. The van der Waals surface area contributed by atoms with Gasteiger partial charge in [0, 0.05) is 13.1 Å². The van der Waals surface area contributed by atoms with E-state index in [1.807, 2.05) is 13.8 Å². The van der Waals surface area contributed by atoms with Crippen LogP contribution in [-0.2, 0) is 30.2 Å². The third kappa shape index (κ3) is 16.6. The minimum atomic E-state index is -4.87. The SMILES string of the molecule is CC.CCC.Fc1ccccc1.O=c1[nH]nc(CN2CCOCC2)[nH]1.OCc1cc(C(F)(F)F)cc(C(F)(F)F)c1. The molecule has 2 heterocycles. The van der Waals surface area contributed by atoms with Crippen molar-refractivity contribution in [2.75, 3.05) is 26.3 Å². The zero-order valence-electron chi connectivity index (χ0n) is 23.4. The van der Waals surface area contributed by atoms with Crippen molar-refractivity contribution in [3.63, 3.8) is 0 Å². The molecule has 0 unspecified atom stereocenters. The van der Waals surface area contributed by atoms with Gasteiger partial charge in [-0.25, -0.2) is 14.3 Å². The third-order valence-electron chi connectivity index (χ3n) is 4.59. The van der Waals surface area contributed by atoms with Crippen LogP contribution in [0, 0.1) is 5.82 Å². The van der Waals surface area contributed by atoms with Crippen LogP contribution < -0.4 is 5.69 Å². The van der Waals surface area contributed by atoms with Crippen LogP contribution in [0.2, 0.25) is 0 Å². The molecule has 0 radical (unpaired) electrons. The minimum Gasteiger partial charge on any atom is -0.392 e. The molecule has 4 rings (SSSR count). The number of hydrogen-bond donors (Lipinski definition) is 3. The Bertz CT molecular complexity index is 1100. The summed E-state index contributed by atoms with van der Waals surface area (Å²) in [6, 6.07) is 8.91. The van der Waals surface area contributed by atoms with E-state index in [1.54, 1.807) is 18.2 Å². The first kappa shape index (κ1) is 37.8. The van der Waals surface area contributed by atoms with Crippen LogP contribution in [0.1, 0.15) is 56.6 Å². The standard InChI is InChI=1S/C9H6F6O.C7H12N4O2.C6H5F.C3H8.C2H6/c10-8(11,12)6-1-5(4-16)2-7(3-6)9(13,14)15;12-7-8-6(9-10-7)5-11-1-3-13-4-2-11;7-6-4-2-1-3-5-6;1-3-2;1-2/h1-3,16H,4H2;1-5H2,(H2,8,9,10,12);1-5H;3H2,1-2H3;1-2H3. The molecule has 0 spiro atoms. The van der Waals surface area contributed by atoms with E-state index in [4.69, 9.17) is 9.84 Å². The number of aliphatic hydroxyl groups excluding tert-OH is 1. The predicted molar refractivity (Wildman–Crippen MR) is 141 cm³/mol. The summed E-state index contributed by atoms with van der Waals surface area (Å²) < 4.78 is 90.4. The molecule has 0 saturated carbocycles. The second-order valence-corrected chi connectivity index (χ2v) is 8.09. The van der Waals surface area contributed by atoms with E-state index in [2.05, 4.69) is 33.9 Å². The van der Waals surface area contributed by atoms with E-state index >= 15 is 0 Å². The lowest BCUT2D eigenvalue weighted by molar-refractivity contribution is -0.143. The predicted octanol–water partition coefficient (Wildman–Crippen LogP) is 6.41. The molecule has 232 valence electrons. The molecule has 1 aliphatic heterocycles. The molecule has 14 heteroatoms. The van der Waals surface area contributed by atoms with Gasteiger partial charge in [-0.05, 0) is 35.9 Å². The van der Waals surface area contributed by atoms with Crippen LogP contribution in [0.3, 0.4) is 0 Å². The topological polar surface area (TPSA) is 94.2 Å². The van der Waals surface area contributed by atoms with Crippen molar-refractivity contribution in [2.24, 2.45) is 0 Å². The Morgan fingerprint density at radius 2 is 1.41 bits per heavy atom. The van der Waals surface area contributed by atoms with E-state index in [0.29, 0.717) is 24.5 Å². The summed E-state index contributed by atoms with van der Waals surface area (Å²) in [7, 11) is 0. The molecule has 1 saturated heterocycles. The van der Waals surface area contributed by atoms with E-state index < -0.39 is 35.6 Å². The second kappa shape index (κ2) is 19.8. The Kier molecular flexibility index (Phi) is 18.2. The maximum Gasteiger partial charge on any atom is 0.416 e. The number of hydrogen-bond acceptors (Lipinski definition) is 5. The van der Waals surface area contributed by atoms with Gasteiger partial charge in [0.25, 0.3) is 0 Å². The number of nitrogens with one attached hydrogen (secondary N) is 2. The number of H-pyrrole nitrogens is 2. The van der Waals surface area contributed by atoms with Gasteiger partial charge in [0.05, 0.1) is 37.5 Å². The van der Waals surface area contributed by atoms with Crippen LogP contribution in [0.5, 0.6) is 0 Å². The fourth-order valence-corrected chi connectivity index (χ4v) is 2.88. The number of rotatable bonds is 3. The summed E-state index contributed by atoms with van der Waals surface area (Å²) in [6.45, 7) is 11.4. The normalized spacial score (nSPS) is 13.2. The lowest BCUT2D eigenvalue weighted by Crippen LogP contribution is -2.36. The lowest BCUT2D eigenvalue weighted by Gasteiger charge is -2.25. The first-order chi connectivity index (χ1) is 19.3. The molecule has 41 heavy (non-hydrogen) atoms. The van der Waals surface area contributed by atoms with Crippen molar-refractivity contribution < 1.29 is 40.6 Å². The average Bonchev–Trinajstić information content (AvgIpc) is 3.35. The quantitative estimate of drug-likeness (QED) is 0.303. The van der Waals surface area contributed by atoms with E-state index in [-0.39, 0.29) is 17.6 Å². The van der Waals surface area contributed by atoms with E-state index in [1.165, 1.54) is 18.6 Å². The van der Waals surface area contributed by atoms with Crippen molar-refractivity contribution >= 4 is 0 Å². The molecule has 1 aliphatic rings. The fourth-order valence-electron chi connectivity index (χ4n) is 2.88. The van der Waals surface area contributed by atoms with Crippen molar-refractivity contribution in [3.8, 4) is 0 Å². The van der Waals surface area contributed by atoms with Crippen LogP contribution in [0.4, 0.5) is 30.7 Å². The molecule has 0 aliphatic carbocycles. The largest absolute Gasteiger partial charge is 0.416 e. The number of nitrogens with zero attached hydrogens (tertiary/aromatic N) is 2. The zero-order chi connectivity index (χ0) is 31.5. The highest BCUT2D eigenvalue weighted by atomic mass is 19.4. The average molecular weight is 599 g/mol. The fraction of sp³-hybridized carbons (Fsp3) is 0.481. The highest BCUT2D eigenvalue weighted by Crippen LogP contribution is 2.36. The van der Waals surface area contributed by atoms with Gasteiger partial charge in [-0.2, -0.15) is 31.4 Å². The monoisotopic (exact) mass is 598 g/mol. The number of ether oxygens (including phenoxy) is 1. The number of aromatic nitrogens is 3. The van der Waals surface area contributed by atoms with E-state index in [9.17, 15) is 35.5 Å². The highest BCUT2D eigenvalue weighted by Gasteiger charge is 2.36. The molecule has 3 N–H and O–H groups in total. The van der Waals surface area contributed by atoms with Crippen molar-refractivity contribution in [1.82, 2.24) is 20.1 Å². The Morgan fingerprint density at radius 1 is 0.927 bits per heavy atom. The summed E-state index contributed by atoms with van der Waals surface area (Å²) in [5.74, 6) is 0.509. The minimum absolute atomic E-state index is 0.0131. The van der Waals surface area contributed by atoms with Crippen LogP contribution >= 0.6 is 0 Å². The van der Waals surface area contributed by atoms with Gasteiger partial charge < -0.3 is 9.84 Å². The Hall–Kier alpha value is -3.23. The van der Waals surface area contributed by atoms with Gasteiger partial charge in [0.15, 0.2) is 0 Å². The summed E-state index contributed by atoms with van der Waals surface area (Å²) in [5.41, 5.74) is -3.52. The third-order valence-corrected chi connectivity index (χ3v) is 4.59. The molecular formula is C27H37F7N4O3. The van der Waals surface area contributed by atoms with Gasteiger partial charge in [0.1, 0.15) is 11.6 Å². The number of benzene rings is 2. The number of morpholine rings is 1. The van der Waals surface area contributed by atoms with E-state index in [0.717, 1.165) is 26.3 Å². The summed E-state index contributed by atoms with van der Waals surface area (Å²) in [4.78, 5) is 15.5. The smallest absolute Gasteiger partial charge is 0.392 e. The Balaban J connectivity index is 0.000000570. The van der Waals surface area contributed by atoms with Gasteiger partial charge in [0.2, 0.25) is 0 Å². The molecule has 3 aromatic rings. The molecule has 1 aromatic heterocycles. The summed E-state index contributed by atoms with van der Waals surface area (Å²) in [6.07, 6.45) is -8.49. The molecule has 2 aromatic carbocycles. The van der Waals surface area contributed by atoms with Gasteiger partial charge in [-0.1, -0.05) is 52.3 Å². The Morgan fingerprint density at radius 3 is 1.76 bits per heavy atom. The number of halogens is 7. The maximum atomic E-state index is 12.2. The molecule has 1 fully saturated rings. The summed E-state index contributed by atoms with van der Waals surface area (Å²) in [5, 5.41) is 14.8. The summed E-state index contributed by atoms with van der Waals surface area (Å²) >= 11 is 0. The molecule has 0 amide bonds. The van der Waals surface area contributed by atoms with Crippen LogP contribution in [0.25, 0.3) is 0 Å². The lowest BCUT2D eigenvalue weighted by atomic mass is 10.1. The highest BCUT2D eigenvalue weighted by molar-refractivity contribution is 5.33. The number of alkyl halides is 6. The first-order valence-corrected chi connectivity index (χ1v) is 12.8. The van der Waals surface area contributed by atoms with Crippen molar-refractivity contribution in [3.05, 3.63) is 87.3 Å². The molecule has 0 atom stereocenters. The van der Waals surface area contributed by atoms with Gasteiger partial charge >= 0.3 is 18.0 Å². The number of aliphatic hydroxyl groups is 1. The maximum absolute atomic E-state index is 12.2. The van der Waals surface area contributed by atoms with Gasteiger partial charge in [-0.3, -0.25) is 9.88 Å². The molecular weight excluding hydrogens is 561 g/mol. The molecule has 7 nitrogen and oxygen atoms in total. The Labute approximate surface area is 234 Å². The zero-order valence-corrected chi connectivity index (χ0v) is 23.4. The molecule has 0 bridgehead atoms. The van der Waals surface area contributed by atoms with Crippen LogP contribution in [-0.4, -0.2) is 51.5 Å². The second-order valence-electron chi connectivity index (χ2n) is 8.09. The van der Waals surface area contributed by atoms with Crippen LogP contribution in [0.15, 0.2) is 53.3 Å². The first-order valence-electron chi connectivity index (χ1n) is 12.8. The van der Waals surface area contributed by atoms with Crippen molar-refractivity contribution in [1.29, 1.82) is 0 Å².